The molecule has 0 aliphatic rings. The van der Waals surface area contributed by atoms with Crippen LogP contribution in [0.25, 0.3) is 11.4 Å². The van der Waals surface area contributed by atoms with E-state index in [4.69, 9.17) is 11.6 Å². The molecule has 31 heavy (non-hydrogen) atoms. The fourth-order valence-corrected chi connectivity index (χ4v) is 4.43. The molecule has 0 saturated heterocycles. The minimum atomic E-state index is 0.0831. The number of rotatable bonds is 7. The Bertz CT molecular complexity index is 1220. The number of hydrogen-bond donors (Lipinski definition) is 0. The molecule has 0 bridgehead atoms. The number of ketones is 1. The van der Waals surface area contributed by atoms with E-state index < -0.39 is 0 Å². The van der Waals surface area contributed by atoms with Gasteiger partial charge in [0.05, 0.1) is 17.3 Å². The van der Waals surface area contributed by atoms with E-state index in [1.54, 1.807) is 0 Å². The molecular formula is C25H22ClN3OS. The molecule has 0 saturated carbocycles. The highest BCUT2D eigenvalue weighted by Gasteiger charge is 2.19. The molecule has 4 aromatic rings. The lowest BCUT2D eigenvalue weighted by atomic mass is 10.0. The second-order valence-electron chi connectivity index (χ2n) is 7.39. The first kappa shape index (κ1) is 21.3. The summed E-state index contributed by atoms with van der Waals surface area (Å²) >= 11 is 7.84. The summed E-state index contributed by atoms with van der Waals surface area (Å²) in [5.74, 6) is 1.07. The molecule has 3 aromatic carbocycles. The lowest BCUT2D eigenvalue weighted by Gasteiger charge is -2.11. The van der Waals surface area contributed by atoms with Crippen molar-refractivity contribution in [3.8, 4) is 11.4 Å². The van der Waals surface area contributed by atoms with Crippen LogP contribution >= 0.6 is 23.4 Å². The van der Waals surface area contributed by atoms with Crippen molar-refractivity contribution in [1.29, 1.82) is 0 Å². The van der Waals surface area contributed by atoms with Crippen LogP contribution in [-0.2, 0) is 6.54 Å². The van der Waals surface area contributed by atoms with Gasteiger partial charge in [0.25, 0.3) is 0 Å². The van der Waals surface area contributed by atoms with Gasteiger partial charge in [-0.1, -0.05) is 83.5 Å². The summed E-state index contributed by atoms with van der Waals surface area (Å²) in [5.41, 5.74) is 4.76. The van der Waals surface area contributed by atoms with E-state index >= 15 is 0 Å². The molecule has 156 valence electrons. The van der Waals surface area contributed by atoms with Gasteiger partial charge in [0.2, 0.25) is 0 Å². The lowest BCUT2D eigenvalue weighted by Crippen LogP contribution is -2.08. The lowest BCUT2D eigenvalue weighted by molar-refractivity contribution is 0.102. The van der Waals surface area contributed by atoms with Crippen molar-refractivity contribution in [3.05, 3.63) is 100 Å². The van der Waals surface area contributed by atoms with Crippen LogP contribution in [0.2, 0.25) is 5.02 Å². The maximum Gasteiger partial charge on any atom is 0.192 e. The highest BCUT2D eigenvalue weighted by Crippen LogP contribution is 2.30. The Morgan fingerprint density at radius 3 is 2.48 bits per heavy atom. The second kappa shape index (κ2) is 9.50. The predicted molar refractivity (Wildman–Crippen MR) is 127 cm³/mol. The molecule has 0 fully saturated rings. The Labute approximate surface area is 191 Å². The SMILES string of the molecule is Cc1ccc(C)c(C(=O)CSc2nnc(-c3ccccc3Cl)n2Cc2ccccc2)c1. The van der Waals surface area contributed by atoms with Crippen molar-refractivity contribution in [2.45, 2.75) is 25.5 Å². The molecule has 6 heteroatoms. The van der Waals surface area contributed by atoms with Crippen LogP contribution in [0.1, 0.15) is 27.0 Å². The number of carbonyl (C=O) groups is 1. The van der Waals surface area contributed by atoms with Crippen molar-refractivity contribution in [2.75, 3.05) is 5.75 Å². The van der Waals surface area contributed by atoms with Crippen LogP contribution in [0, 0.1) is 13.8 Å². The van der Waals surface area contributed by atoms with Gasteiger partial charge in [0, 0.05) is 11.1 Å². The van der Waals surface area contributed by atoms with Gasteiger partial charge in [-0.2, -0.15) is 0 Å². The molecule has 1 heterocycles. The second-order valence-corrected chi connectivity index (χ2v) is 8.74. The van der Waals surface area contributed by atoms with Gasteiger partial charge < -0.3 is 0 Å². The summed E-state index contributed by atoms with van der Waals surface area (Å²) in [5, 5.41) is 10.1. The van der Waals surface area contributed by atoms with Gasteiger partial charge in [0.1, 0.15) is 0 Å². The van der Waals surface area contributed by atoms with Crippen molar-refractivity contribution in [3.63, 3.8) is 0 Å². The van der Waals surface area contributed by atoms with Gasteiger partial charge >= 0.3 is 0 Å². The highest BCUT2D eigenvalue weighted by molar-refractivity contribution is 7.99. The highest BCUT2D eigenvalue weighted by atomic mass is 35.5. The maximum atomic E-state index is 12.9. The number of aryl methyl sites for hydroxylation is 2. The van der Waals surface area contributed by atoms with Gasteiger partial charge in [-0.05, 0) is 43.2 Å². The van der Waals surface area contributed by atoms with E-state index in [9.17, 15) is 4.79 Å². The Morgan fingerprint density at radius 1 is 0.968 bits per heavy atom. The third-order valence-electron chi connectivity index (χ3n) is 5.04. The number of Topliss-reactive ketones (excluding diaryl/α,β-unsaturated/α-hetero) is 1. The largest absolute Gasteiger partial charge is 0.297 e. The number of thioether (sulfide) groups is 1. The van der Waals surface area contributed by atoms with E-state index in [2.05, 4.69) is 22.3 Å². The maximum absolute atomic E-state index is 12.9. The van der Waals surface area contributed by atoms with Crippen LogP contribution in [0.4, 0.5) is 0 Å². The summed E-state index contributed by atoms with van der Waals surface area (Å²) in [6, 6.07) is 23.7. The molecule has 0 radical (unpaired) electrons. The summed E-state index contributed by atoms with van der Waals surface area (Å²) in [4.78, 5) is 12.9. The van der Waals surface area contributed by atoms with Crippen LogP contribution < -0.4 is 0 Å². The molecule has 0 amide bonds. The van der Waals surface area contributed by atoms with Gasteiger partial charge in [0.15, 0.2) is 16.8 Å². The predicted octanol–water partition coefficient (Wildman–Crippen LogP) is 6.24. The third kappa shape index (κ3) is 4.89. The molecule has 1 aromatic heterocycles. The van der Waals surface area contributed by atoms with E-state index in [-0.39, 0.29) is 5.78 Å². The Morgan fingerprint density at radius 2 is 1.71 bits per heavy atom. The monoisotopic (exact) mass is 447 g/mol. The summed E-state index contributed by atoms with van der Waals surface area (Å²) in [6.07, 6.45) is 0. The fourth-order valence-electron chi connectivity index (χ4n) is 3.39. The average molecular weight is 448 g/mol. The zero-order valence-electron chi connectivity index (χ0n) is 17.4. The molecule has 0 aliphatic heterocycles. The first-order valence-corrected chi connectivity index (χ1v) is 11.3. The Balaban J connectivity index is 1.65. The van der Waals surface area contributed by atoms with E-state index in [1.807, 2.05) is 79.1 Å². The number of nitrogens with zero attached hydrogens (tertiary/aromatic N) is 3. The number of benzene rings is 3. The molecular weight excluding hydrogens is 426 g/mol. The van der Waals surface area contributed by atoms with Crippen LogP contribution in [-0.4, -0.2) is 26.3 Å². The molecule has 0 spiro atoms. The summed E-state index contributed by atoms with van der Waals surface area (Å²) in [7, 11) is 0. The van der Waals surface area contributed by atoms with Crippen molar-refractivity contribution >= 4 is 29.1 Å². The zero-order chi connectivity index (χ0) is 21.8. The topological polar surface area (TPSA) is 47.8 Å². The van der Waals surface area contributed by atoms with Crippen molar-refractivity contribution in [1.82, 2.24) is 14.8 Å². The van der Waals surface area contributed by atoms with Crippen molar-refractivity contribution < 1.29 is 4.79 Å². The van der Waals surface area contributed by atoms with Gasteiger partial charge in [-0.15, -0.1) is 10.2 Å². The van der Waals surface area contributed by atoms with Crippen LogP contribution in [0.5, 0.6) is 0 Å². The molecule has 4 rings (SSSR count). The molecule has 0 aliphatic carbocycles. The molecule has 0 N–H and O–H groups in total. The van der Waals surface area contributed by atoms with Gasteiger partial charge in [-0.25, -0.2) is 0 Å². The van der Waals surface area contributed by atoms with E-state index in [1.165, 1.54) is 11.8 Å². The Hall–Kier alpha value is -2.89. The van der Waals surface area contributed by atoms with E-state index in [0.29, 0.717) is 28.3 Å². The van der Waals surface area contributed by atoms with Crippen LogP contribution in [0.3, 0.4) is 0 Å². The fraction of sp³-hybridized carbons (Fsp3) is 0.160. The smallest absolute Gasteiger partial charge is 0.192 e. The van der Waals surface area contributed by atoms with E-state index in [0.717, 1.165) is 27.8 Å². The standard InChI is InChI=1S/C25H22ClN3OS/c1-17-12-13-18(2)21(14-17)23(30)16-31-25-28-27-24(20-10-6-7-11-22(20)26)29(25)15-19-8-4-3-5-9-19/h3-14H,15-16H2,1-2H3. The van der Waals surface area contributed by atoms with Crippen molar-refractivity contribution in [2.24, 2.45) is 0 Å². The average Bonchev–Trinajstić information content (AvgIpc) is 3.17. The number of carbonyl (C=O) groups excluding carboxylic acids is 1. The molecule has 0 atom stereocenters. The quantitative estimate of drug-likeness (QED) is 0.248. The first-order chi connectivity index (χ1) is 15.0. The third-order valence-corrected chi connectivity index (χ3v) is 6.34. The zero-order valence-corrected chi connectivity index (χ0v) is 19.0. The number of hydrogen-bond acceptors (Lipinski definition) is 4. The first-order valence-electron chi connectivity index (χ1n) is 9.98. The normalized spacial score (nSPS) is 10.9. The molecule has 0 unspecified atom stereocenters. The van der Waals surface area contributed by atoms with Gasteiger partial charge in [-0.3, -0.25) is 9.36 Å². The number of halogens is 1. The molecule has 4 nitrogen and oxygen atoms in total. The summed E-state index contributed by atoms with van der Waals surface area (Å²) < 4.78 is 2.03. The van der Waals surface area contributed by atoms with Crippen LogP contribution in [0.15, 0.2) is 78.0 Å². The minimum absolute atomic E-state index is 0.0831. The Kier molecular flexibility index (Phi) is 6.54. The number of aromatic nitrogens is 3. The minimum Gasteiger partial charge on any atom is -0.297 e. The summed E-state index contributed by atoms with van der Waals surface area (Å²) in [6.45, 7) is 4.55.